The van der Waals surface area contributed by atoms with E-state index in [2.05, 4.69) is 10.3 Å². The highest BCUT2D eigenvalue weighted by molar-refractivity contribution is 6.42. The van der Waals surface area contributed by atoms with Crippen molar-refractivity contribution in [3.05, 3.63) is 93.2 Å². The van der Waals surface area contributed by atoms with Gasteiger partial charge in [0.1, 0.15) is 0 Å². The zero-order valence-electron chi connectivity index (χ0n) is 14.2. The second kappa shape index (κ2) is 9.09. The minimum absolute atomic E-state index is 0.280. The summed E-state index contributed by atoms with van der Waals surface area (Å²) in [4.78, 5) is 18.7. The lowest BCUT2D eigenvalue weighted by Gasteiger charge is -2.24. The summed E-state index contributed by atoms with van der Waals surface area (Å²) in [5.74, 6) is 0. The number of amides is 2. The lowest BCUT2D eigenvalue weighted by Crippen LogP contribution is -2.34. The molecule has 7 heteroatoms. The van der Waals surface area contributed by atoms with E-state index in [1.807, 2.05) is 30.3 Å². The van der Waals surface area contributed by atoms with Gasteiger partial charge in [-0.25, -0.2) is 4.79 Å². The van der Waals surface area contributed by atoms with Crippen LogP contribution < -0.4 is 5.32 Å². The first-order valence-electron chi connectivity index (χ1n) is 8.16. The molecule has 2 amide bonds. The van der Waals surface area contributed by atoms with Crippen LogP contribution in [0.4, 0.5) is 10.5 Å². The molecule has 0 saturated heterocycles. The Morgan fingerprint density at radius 3 is 2.44 bits per heavy atom. The van der Waals surface area contributed by atoms with Gasteiger partial charge in [-0.15, -0.1) is 0 Å². The summed E-state index contributed by atoms with van der Waals surface area (Å²) in [5, 5.41) is 4.26. The van der Waals surface area contributed by atoms with Crippen molar-refractivity contribution in [2.45, 2.75) is 13.1 Å². The topological polar surface area (TPSA) is 45.2 Å². The number of pyridine rings is 1. The molecule has 1 aromatic heterocycles. The van der Waals surface area contributed by atoms with Crippen molar-refractivity contribution < 1.29 is 4.79 Å². The molecule has 0 radical (unpaired) electrons. The second-order valence-electron chi connectivity index (χ2n) is 5.87. The number of urea groups is 1. The van der Waals surface area contributed by atoms with Crippen LogP contribution in [0.1, 0.15) is 11.1 Å². The number of hydrogen-bond acceptors (Lipinski definition) is 2. The summed E-state index contributed by atoms with van der Waals surface area (Å²) >= 11 is 18.2. The van der Waals surface area contributed by atoms with Crippen molar-refractivity contribution in [1.29, 1.82) is 0 Å². The van der Waals surface area contributed by atoms with E-state index in [4.69, 9.17) is 34.8 Å². The van der Waals surface area contributed by atoms with E-state index in [1.165, 1.54) is 0 Å². The minimum atomic E-state index is -0.280. The highest BCUT2D eigenvalue weighted by Crippen LogP contribution is 2.25. The van der Waals surface area contributed by atoms with Crippen LogP contribution in [0, 0.1) is 0 Å². The van der Waals surface area contributed by atoms with Crippen LogP contribution in [0.5, 0.6) is 0 Å². The fraction of sp³-hybridized carbons (Fsp3) is 0.100. The van der Waals surface area contributed by atoms with Crippen LogP contribution in [0.3, 0.4) is 0 Å². The first-order chi connectivity index (χ1) is 13.0. The Hall–Kier alpha value is -2.27. The number of nitrogens with zero attached hydrogens (tertiary/aromatic N) is 2. The smallest absolute Gasteiger partial charge is 0.316 e. The van der Waals surface area contributed by atoms with E-state index in [0.717, 1.165) is 11.1 Å². The molecule has 0 aliphatic rings. The largest absolute Gasteiger partial charge is 0.322 e. The number of carbonyl (C=O) groups excluding carboxylic acids is 1. The number of carbonyl (C=O) groups is 1. The molecule has 1 heterocycles. The average Bonchev–Trinajstić information content (AvgIpc) is 2.66. The summed E-state index contributed by atoms with van der Waals surface area (Å²) in [6, 6.07) is 15.9. The number of anilines is 1. The number of hydrogen-bond donors (Lipinski definition) is 1. The highest BCUT2D eigenvalue weighted by Gasteiger charge is 2.17. The SMILES string of the molecule is O=C(Nc1ccc(Cl)c(Cl)c1)N(Cc1cccnc1)Cc1ccccc1Cl. The predicted octanol–water partition coefficient (Wildman–Crippen LogP) is 6.28. The van der Waals surface area contributed by atoms with Crippen LogP contribution in [-0.4, -0.2) is 15.9 Å². The van der Waals surface area contributed by atoms with Crippen molar-refractivity contribution in [3.63, 3.8) is 0 Å². The third kappa shape index (κ3) is 5.36. The molecule has 2 aromatic carbocycles. The Morgan fingerprint density at radius 2 is 1.74 bits per heavy atom. The van der Waals surface area contributed by atoms with E-state index in [-0.39, 0.29) is 6.03 Å². The third-order valence-electron chi connectivity index (χ3n) is 3.87. The quantitative estimate of drug-likeness (QED) is 0.528. The summed E-state index contributed by atoms with van der Waals surface area (Å²) in [6.07, 6.45) is 3.42. The van der Waals surface area contributed by atoms with Crippen LogP contribution in [0.2, 0.25) is 15.1 Å². The third-order valence-corrected chi connectivity index (χ3v) is 4.98. The van der Waals surface area contributed by atoms with E-state index in [9.17, 15) is 4.79 Å². The Labute approximate surface area is 172 Å². The molecule has 0 aliphatic carbocycles. The lowest BCUT2D eigenvalue weighted by molar-refractivity contribution is 0.206. The van der Waals surface area contributed by atoms with Gasteiger partial charge in [-0.3, -0.25) is 4.98 Å². The highest BCUT2D eigenvalue weighted by atomic mass is 35.5. The molecule has 3 rings (SSSR count). The van der Waals surface area contributed by atoms with Crippen molar-refractivity contribution >= 4 is 46.5 Å². The summed E-state index contributed by atoms with van der Waals surface area (Å²) in [6.45, 7) is 0.730. The summed E-state index contributed by atoms with van der Waals surface area (Å²) in [7, 11) is 0. The maximum absolute atomic E-state index is 12.9. The minimum Gasteiger partial charge on any atom is -0.316 e. The Kier molecular flexibility index (Phi) is 6.56. The van der Waals surface area contributed by atoms with Gasteiger partial charge < -0.3 is 10.2 Å². The van der Waals surface area contributed by atoms with Gasteiger partial charge in [0.05, 0.1) is 10.0 Å². The van der Waals surface area contributed by atoms with Gasteiger partial charge in [-0.1, -0.05) is 59.1 Å². The van der Waals surface area contributed by atoms with E-state index >= 15 is 0 Å². The molecule has 0 saturated carbocycles. The fourth-order valence-corrected chi connectivity index (χ4v) is 3.01. The van der Waals surface area contributed by atoms with Crippen molar-refractivity contribution in [3.8, 4) is 0 Å². The number of nitrogens with one attached hydrogen (secondary N) is 1. The van der Waals surface area contributed by atoms with Gasteiger partial charge in [0.15, 0.2) is 0 Å². The van der Waals surface area contributed by atoms with E-state index in [0.29, 0.717) is 33.8 Å². The second-order valence-corrected chi connectivity index (χ2v) is 7.09. The molecule has 27 heavy (non-hydrogen) atoms. The van der Waals surface area contributed by atoms with Gasteiger partial charge in [0.2, 0.25) is 0 Å². The van der Waals surface area contributed by atoms with Crippen molar-refractivity contribution in [2.24, 2.45) is 0 Å². The predicted molar refractivity (Wildman–Crippen MR) is 110 cm³/mol. The van der Waals surface area contributed by atoms with Crippen LogP contribution >= 0.6 is 34.8 Å². The van der Waals surface area contributed by atoms with Gasteiger partial charge in [0.25, 0.3) is 0 Å². The maximum atomic E-state index is 12.9. The Bertz CT molecular complexity index is 935. The lowest BCUT2D eigenvalue weighted by atomic mass is 10.2. The molecule has 4 nitrogen and oxygen atoms in total. The number of halogens is 3. The zero-order chi connectivity index (χ0) is 19.2. The molecule has 0 bridgehead atoms. The van der Waals surface area contributed by atoms with Crippen molar-refractivity contribution in [2.75, 3.05) is 5.32 Å². The molecule has 0 fully saturated rings. The first-order valence-corrected chi connectivity index (χ1v) is 9.29. The zero-order valence-corrected chi connectivity index (χ0v) is 16.5. The number of aromatic nitrogens is 1. The summed E-state index contributed by atoms with van der Waals surface area (Å²) in [5.41, 5.74) is 2.32. The van der Waals surface area contributed by atoms with E-state index in [1.54, 1.807) is 41.6 Å². The van der Waals surface area contributed by atoms with Crippen LogP contribution in [0.15, 0.2) is 67.0 Å². The monoisotopic (exact) mass is 419 g/mol. The molecule has 1 N–H and O–H groups in total. The fourth-order valence-electron chi connectivity index (χ4n) is 2.52. The summed E-state index contributed by atoms with van der Waals surface area (Å²) < 4.78 is 0. The molecular formula is C20H16Cl3N3O. The maximum Gasteiger partial charge on any atom is 0.322 e. The molecule has 0 aliphatic heterocycles. The van der Waals surface area contributed by atoms with Gasteiger partial charge in [0, 0.05) is 36.2 Å². The number of benzene rings is 2. The Morgan fingerprint density at radius 1 is 0.926 bits per heavy atom. The number of rotatable bonds is 5. The molecule has 0 unspecified atom stereocenters. The first kappa shape index (κ1) is 19.5. The van der Waals surface area contributed by atoms with Gasteiger partial charge in [-0.05, 0) is 41.5 Å². The normalized spacial score (nSPS) is 10.5. The molecule has 3 aromatic rings. The van der Waals surface area contributed by atoms with Gasteiger partial charge in [-0.2, -0.15) is 0 Å². The van der Waals surface area contributed by atoms with Crippen LogP contribution in [0.25, 0.3) is 0 Å². The standard InChI is InChI=1S/C20H16Cl3N3O/c21-17-6-2-1-5-15(17)13-26(12-14-4-3-9-24-11-14)20(27)25-16-7-8-18(22)19(23)10-16/h1-11H,12-13H2,(H,25,27). The Balaban J connectivity index is 1.82. The van der Waals surface area contributed by atoms with Gasteiger partial charge >= 0.3 is 6.03 Å². The molecular weight excluding hydrogens is 405 g/mol. The van der Waals surface area contributed by atoms with Crippen LogP contribution in [-0.2, 0) is 13.1 Å². The molecule has 0 spiro atoms. The molecule has 138 valence electrons. The van der Waals surface area contributed by atoms with E-state index < -0.39 is 0 Å². The molecule has 0 atom stereocenters. The van der Waals surface area contributed by atoms with Crippen molar-refractivity contribution in [1.82, 2.24) is 9.88 Å². The average molecular weight is 421 g/mol.